The van der Waals surface area contributed by atoms with E-state index in [1.54, 1.807) is 6.07 Å². The highest BCUT2D eigenvalue weighted by atomic mass is 16.6. The fourth-order valence-electron chi connectivity index (χ4n) is 4.83. The molecule has 2 fully saturated rings. The Kier molecular flexibility index (Phi) is 3.81. The van der Waals surface area contributed by atoms with Gasteiger partial charge in [-0.25, -0.2) is 0 Å². The molecule has 1 aliphatic heterocycles. The molecule has 1 aromatic carbocycles. The zero-order valence-electron chi connectivity index (χ0n) is 14.7. The average molecular weight is 332 g/mol. The van der Waals surface area contributed by atoms with E-state index in [1.807, 2.05) is 4.90 Å². The molecule has 2 atom stereocenters. The van der Waals surface area contributed by atoms with Gasteiger partial charge in [0.15, 0.2) is 5.75 Å². The second-order valence-electron chi connectivity index (χ2n) is 8.29. The molecule has 0 radical (unpaired) electrons. The van der Waals surface area contributed by atoms with Crippen molar-refractivity contribution < 1.29 is 14.5 Å². The van der Waals surface area contributed by atoms with Crippen molar-refractivity contribution in [2.24, 2.45) is 10.8 Å². The van der Waals surface area contributed by atoms with Crippen molar-refractivity contribution in [2.75, 3.05) is 13.7 Å². The number of fused-ring (bicyclic) bond motifs is 2. The largest absolute Gasteiger partial charge is 0.490 e. The van der Waals surface area contributed by atoms with Gasteiger partial charge in [-0.15, -0.1) is 0 Å². The molecule has 6 nitrogen and oxygen atoms in total. The summed E-state index contributed by atoms with van der Waals surface area (Å²) >= 11 is 0. The summed E-state index contributed by atoms with van der Waals surface area (Å²) in [7, 11) is 1.39. The second-order valence-corrected chi connectivity index (χ2v) is 8.29. The summed E-state index contributed by atoms with van der Waals surface area (Å²) in [5, 5.41) is 11.2. The minimum atomic E-state index is -0.512. The third kappa shape index (κ3) is 2.85. The summed E-state index contributed by atoms with van der Waals surface area (Å²) in [6.45, 7) is 7.47. The Labute approximate surface area is 141 Å². The minimum absolute atomic E-state index is 0.118. The lowest BCUT2D eigenvalue weighted by Crippen LogP contribution is -2.37. The SMILES string of the molecule is COc1ccc(C(=O)N2C[C@@]3(C)C[C@@H]2CC(C)(C)C3)cc1[N+](=O)[O-]. The van der Waals surface area contributed by atoms with Crippen molar-refractivity contribution >= 4 is 11.6 Å². The van der Waals surface area contributed by atoms with Crippen molar-refractivity contribution in [1.82, 2.24) is 4.90 Å². The van der Waals surface area contributed by atoms with Crippen LogP contribution in [0.3, 0.4) is 0 Å². The van der Waals surface area contributed by atoms with Crippen LogP contribution in [-0.4, -0.2) is 35.4 Å². The monoisotopic (exact) mass is 332 g/mol. The standard InChI is InChI=1S/C18H24N2O4/c1-17(2)8-13-9-18(3,10-17)11-19(13)16(21)12-5-6-15(24-4)14(7-12)20(22)23/h5-7,13H,8-11H2,1-4H3/t13-,18-/m0/s1. The number of nitro groups is 1. The molecule has 0 unspecified atom stereocenters. The van der Waals surface area contributed by atoms with Gasteiger partial charge in [0.2, 0.25) is 0 Å². The van der Waals surface area contributed by atoms with Crippen molar-refractivity contribution in [3.63, 3.8) is 0 Å². The number of nitro benzene ring substituents is 1. The quantitative estimate of drug-likeness (QED) is 0.625. The zero-order chi connectivity index (χ0) is 17.7. The van der Waals surface area contributed by atoms with Gasteiger partial charge in [0.25, 0.3) is 5.91 Å². The lowest BCUT2D eigenvalue weighted by atomic mass is 9.65. The van der Waals surface area contributed by atoms with E-state index in [2.05, 4.69) is 20.8 Å². The number of nitrogens with zero attached hydrogens (tertiary/aromatic N) is 2. The Morgan fingerprint density at radius 3 is 2.67 bits per heavy atom. The van der Waals surface area contributed by atoms with Crippen LogP contribution in [0.2, 0.25) is 0 Å². The molecule has 0 spiro atoms. The summed E-state index contributed by atoms with van der Waals surface area (Å²) in [5.41, 5.74) is 0.549. The van der Waals surface area contributed by atoms with Crippen LogP contribution in [0.5, 0.6) is 5.75 Å². The number of rotatable bonds is 3. The number of ether oxygens (including phenoxy) is 1. The van der Waals surface area contributed by atoms with Crippen LogP contribution in [-0.2, 0) is 0 Å². The molecule has 1 aliphatic carbocycles. The highest BCUT2D eigenvalue weighted by Crippen LogP contribution is 2.52. The predicted octanol–water partition coefficient (Wildman–Crippen LogP) is 3.64. The van der Waals surface area contributed by atoms with Crippen LogP contribution in [0.1, 0.15) is 50.4 Å². The summed E-state index contributed by atoms with van der Waals surface area (Å²) in [6.07, 6.45) is 3.09. The molecule has 130 valence electrons. The second kappa shape index (κ2) is 5.46. The van der Waals surface area contributed by atoms with E-state index < -0.39 is 4.92 Å². The van der Waals surface area contributed by atoms with Crippen molar-refractivity contribution in [3.8, 4) is 5.75 Å². The molecule has 0 aromatic heterocycles. The number of likely N-dealkylation sites (tertiary alicyclic amines) is 1. The Bertz CT molecular complexity index is 700. The van der Waals surface area contributed by atoms with Gasteiger partial charge in [-0.3, -0.25) is 14.9 Å². The number of carbonyl (C=O) groups excluding carboxylic acids is 1. The van der Waals surface area contributed by atoms with Crippen LogP contribution < -0.4 is 4.74 Å². The first-order chi connectivity index (χ1) is 11.1. The molecule has 3 rings (SSSR count). The van der Waals surface area contributed by atoms with Crippen molar-refractivity contribution in [1.29, 1.82) is 0 Å². The summed E-state index contributed by atoms with van der Waals surface area (Å²) in [6, 6.07) is 4.66. The van der Waals surface area contributed by atoms with E-state index in [9.17, 15) is 14.9 Å². The molecule has 1 heterocycles. The normalized spacial score (nSPS) is 27.8. The minimum Gasteiger partial charge on any atom is -0.490 e. The predicted molar refractivity (Wildman–Crippen MR) is 90.2 cm³/mol. The van der Waals surface area contributed by atoms with E-state index in [0.717, 1.165) is 25.8 Å². The number of benzene rings is 1. The molecule has 6 heteroatoms. The maximum absolute atomic E-state index is 13.0. The van der Waals surface area contributed by atoms with Gasteiger partial charge in [0.05, 0.1) is 12.0 Å². The molecule has 1 saturated heterocycles. The van der Waals surface area contributed by atoms with Crippen LogP contribution in [0.25, 0.3) is 0 Å². The molecule has 24 heavy (non-hydrogen) atoms. The molecular formula is C18H24N2O4. The number of carbonyl (C=O) groups is 1. The van der Waals surface area contributed by atoms with Crippen LogP contribution in [0.4, 0.5) is 5.69 Å². The summed E-state index contributed by atoms with van der Waals surface area (Å²) in [5.74, 6) is 0.0528. The molecule has 1 saturated carbocycles. The highest BCUT2D eigenvalue weighted by Gasteiger charge is 2.51. The van der Waals surface area contributed by atoms with Gasteiger partial charge in [-0.1, -0.05) is 20.8 Å². The van der Waals surface area contributed by atoms with E-state index in [0.29, 0.717) is 5.56 Å². The highest BCUT2D eigenvalue weighted by molar-refractivity contribution is 5.95. The van der Waals surface area contributed by atoms with Gasteiger partial charge in [0.1, 0.15) is 0 Å². The number of hydrogen-bond acceptors (Lipinski definition) is 4. The third-order valence-electron chi connectivity index (χ3n) is 5.30. The summed E-state index contributed by atoms with van der Waals surface area (Å²) < 4.78 is 5.01. The molecule has 1 aromatic rings. The van der Waals surface area contributed by atoms with E-state index in [1.165, 1.54) is 19.2 Å². The fourth-order valence-corrected chi connectivity index (χ4v) is 4.83. The van der Waals surface area contributed by atoms with Gasteiger partial charge in [-0.05, 0) is 42.2 Å². The number of hydrogen-bond donors (Lipinski definition) is 0. The smallest absolute Gasteiger partial charge is 0.311 e. The maximum Gasteiger partial charge on any atom is 0.311 e. The Morgan fingerprint density at radius 1 is 1.33 bits per heavy atom. The molecule has 2 aliphatic rings. The summed E-state index contributed by atoms with van der Waals surface area (Å²) in [4.78, 5) is 25.6. The zero-order valence-corrected chi connectivity index (χ0v) is 14.7. The molecular weight excluding hydrogens is 308 g/mol. The number of amides is 1. The van der Waals surface area contributed by atoms with Crippen LogP contribution >= 0.6 is 0 Å². The van der Waals surface area contributed by atoms with Gasteiger partial charge in [0, 0.05) is 24.2 Å². The van der Waals surface area contributed by atoms with Crippen molar-refractivity contribution in [3.05, 3.63) is 33.9 Å². The Balaban J connectivity index is 1.90. The first kappa shape index (κ1) is 16.7. The Morgan fingerprint density at radius 2 is 2.04 bits per heavy atom. The molecule has 1 amide bonds. The first-order valence-electron chi connectivity index (χ1n) is 8.28. The van der Waals surface area contributed by atoms with Gasteiger partial charge >= 0.3 is 5.69 Å². The van der Waals surface area contributed by atoms with Crippen LogP contribution in [0.15, 0.2) is 18.2 Å². The molecule has 2 bridgehead atoms. The average Bonchev–Trinajstić information content (AvgIpc) is 2.74. The van der Waals surface area contributed by atoms with E-state index in [4.69, 9.17) is 4.74 Å². The third-order valence-corrected chi connectivity index (χ3v) is 5.30. The van der Waals surface area contributed by atoms with Gasteiger partial charge < -0.3 is 9.64 Å². The van der Waals surface area contributed by atoms with Crippen LogP contribution in [0, 0.1) is 20.9 Å². The maximum atomic E-state index is 13.0. The van der Waals surface area contributed by atoms with E-state index >= 15 is 0 Å². The number of methoxy groups -OCH3 is 1. The van der Waals surface area contributed by atoms with Crippen molar-refractivity contribution in [2.45, 2.75) is 46.1 Å². The lowest BCUT2D eigenvalue weighted by Gasteiger charge is -2.39. The fraction of sp³-hybridized carbons (Fsp3) is 0.611. The first-order valence-corrected chi connectivity index (χ1v) is 8.28. The topological polar surface area (TPSA) is 72.7 Å². The van der Waals surface area contributed by atoms with E-state index in [-0.39, 0.29) is 34.2 Å². The van der Waals surface area contributed by atoms with Gasteiger partial charge in [-0.2, -0.15) is 0 Å². The Hall–Kier alpha value is -2.11. The lowest BCUT2D eigenvalue weighted by molar-refractivity contribution is -0.385. The molecule has 0 N–H and O–H groups in total.